The number of benzene rings is 2. The third-order valence-corrected chi connectivity index (χ3v) is 6.36. The molecule has 2 aliphatic rings. The smallest absolute Gasteiger partial charge is 0.314 e. The van der Waals surface area contributed by atoms with Gasteiger partial charge in [-0.25, -0.2) is 0 Å². The number of nitrogens with one attached hydrogen (secondary N) is 2. The van der Waals surface area contributed by atoms with Gasteiger partial charge in [-0.1, -0.05) is 22.0 Å². The number of amides is 1. The number of halogens is 1. The van der Waals surface area contributed by atoms with Crippen molar-refractivity contribution in [2.24, 2.45) is 16.8 Å². The van der Waals surface area contributed by atoms with Gasteiger partial charge in [0, 0.05) is 27.4 Å². The Hall–Kier alpha value is -3.46. The van der Waals surface area contributed by atoms with Gasteiger partial charge in [0.1, 0.15) is 0 Å². The lowest BCUT2D eigenvalue weighted by molar-refractivity contribution is -0.135. The summed E-state index contributed by atoms with van der Waals surface area (Å²) in [7, 11) is 0. The molecule has 3 N–H and O–H groups in total. The summed E-state index contributed by atoms with van der Waals surface area (Å²) >= 11 is 3.39. The Labute approximate surface area is 203 Å². The second kappa shape index (κ2) is 9.06. The summed E-state index contributed by atoms with van der Waals surface area (Å²) in [4.78, 5) is 43.5. The number of aromatic nitrogens is 1. The number of ether oxygens (including phenoxy) is 1. The number of pyridine rings is 1. The molecule has 0 atom stereocenters. The molecule has 2 saturated carbocycles. The molecular weight excluding hydrogens is 502 g/mol. The van der Waals surface area contributed by atoms with Gasteiger partial charge in [0.15, 0.2) is 5.75 Å². The number of esters is 1. The largest absolute Gasteiger partial charge is 0.494 e. The predicted molar refractivity (Wildman–Crippen MR) is 131 cm³/mol. The van der Waals surface area contributed by atoms with Crippen molar-refractivity contribution in [3.8, 4) is 11.6 Å². The van der Waals surface area contributed by atoms with Crippen LogP contribution in [0.25, 0.3) is 10.8 Å². The standard InChI is InChI=1S/C25H22BrN3O5/c26-16-6-7-17-18(10-16)19(24(32)29-23(17)31)12-27-11-13-1-8-20(28-22(30)14-2-3-14)21(9-13)34-25(33)15-4-5-15/h1,6-10,12,14-15H,2-5,11H2,(H,28,30)(H2,29,31,32). The molecule has 0 aliphatic heterocycles. The van der Waals surface area contributed by atoms with Gasteiger partial charge >= 0.3 is 5.97 Å². The fourth-order valence-electron chi connectivity index (χ4n) is 3.62. The quantitative estimate of drug-likeness (QED) is 0.242. The van der Waals surface area contributed by atoms with E-state index in [1.165, 1.54) is 6.21 Å². The first-order chi connectivity index (χ1) is 16.4. The van der Waals surface area contributed by atoms with E-state index in [9.17, 15) is 19.5 Å². The molecule has 34 heavy (non-hydrogen) atoms. The van der Waals surface area contributed by atoms with Crippen molar-refractivity contribution in [3.63, 3.8) is 0 Å². The van der Waals surface area contributed by atoms with Crippen molar-refractivity contribution in [2.75, 3.05) is 5.32 Å². The highest BCUT2D eigenvalue weighted by molar-refractivity contribution is 9.10. The Balaban J connectivity index is 1.40. The summed E-state index contributed by atoms with van der Waals surface area (Å²) in [5.41, 5.74) is 1.23. The predicted octanol–water partition coefficient (Wildman–Crippen LogP) is 4.28. The molecule has 3 aromatic rings. The van der Waals surface area contributed by atoms with E-state index in [2.05, 4.69) is 31.2 Å². The van der Waals surface area contributed by atoms with Crippen LogP contribution in [0.2, 0.25) is 0 Å². The Bertz CT molecular complexity index is 1390. The average Bonchev–Trinajstić information content (AvgIpc) is 3.70. The Morgan fingerprint density at radius 2 is 1.88 bits per heavy atom. The molecule has 2 fully saturated rings. The van der Waals surface area contributed by atoms with Gasteiger partial charge < -0.3 is 15.2 Å². The van der Waals surface area contributed by atoms with Gasteiger partial charge in [0.25, 0.3) is 5.56 Å². The number of H-pyrrole nitrogens is 1. The molecule has 0 saturated heterocycles. The van der Waals surface area contributed by atoms with Gasteiger partial charge in [-0.05, 0) is 61.6 Å². The number of aliphatic imine (C=N–C) groups is 1. The van der Waals surface area contributed by atoms with E-state index >= 15 is 0 Å². The van der Waals surface area contributed by atoms with E-state index in [1.807, 2.05) is 0 Å². The summed E-state index contributed by atoms with van der Waals surface area (Å²) in [5.74, 6) is -0.379. The summed E-state index contributed by atoms with van der Waals surface area (Å²) < 4.78 is 6.36. The molecule has 1 aromatic heterocycles. The number of carbonyl (C=O) groups is 2. The highest BCUT2D eigenvalue weighted by atomic mass is 79.9. The van der Waals surface area contributed by atoms with Crippen molar-refractivity contribution < 1.29 is 19.4 Å². The van der Waals surface area contributed by atoms with E-state index in [0.717, 1.165) is 35.7 Å². The molecular formula is C25H22BrN3O5. The number of rotatable bonds is 7. The molecule has 0 spiro atoms. The Morgan fingerprint density at radius 3 is 2.62 bits per heavy atom. The van der Waals surface area contributed by atoms with Crippen LogP contribution in [-0.2, 0) is 16.1 Å². The van der Waals surface area contributed by atoms with Crippen molar-refractivity contribution in [1.29, 1.82) is 0 Å². The summed E-state index contributed by atoms with van der Waals surface area (Å²) in [5, 5.41) is 14.2. The zero-order valence-corrected chi connectivity index (χ0v) is 19.7. The molecule has 0 radical (unpaired) electrons. The topological polar surface area (TPSA) is 121 Å². The summed E-state index contributed by atoms with van der Waals surface area (Å²) in [6.07, 6.45) is 4.88. The van der Waals surface area contributed by atoms with Crippen LogP contribution in [0.1, 0.15) is 36.8 Å². The van der Waals surface area contributed by atoms with E-state index in [4.69, 9.17) is 4.74 Å². The van der Waals surface area contributed by atoms with Gasteiger partial charge in [0.05, 0.1) is 23.7 Å². The SMILES string of the molecule is O=C(Nc1ccc(CN=Cc2c(O)[nH]c(=O)c3ccc(Br)cc23)cc1OC(=O)C1CC1)C1CC1. The monoisotopic (exact) mass is 523 g/mol. The average molecular weight is 524 g/mol. The van der Waals surface area contributed by atoms with Crippen molar-refractivity contribution >= 4 is 50.5 Å². The number of aromatic amines is 1. The number of nitrogens with zero attached hydrogens (tertiary/aromatic N) is 1. The second-order valence-electron chi connectivity index (χ2n) is 8.67. The molecule has 8 nitrogen and oxygen atoms in total. The second-order valence-corrected chi connectivity index (χ2v) is 9.58. The lowest BCUT2D eigenvalue weighted by Crippen LogP contribution is -2.16. The number of fused-ring (bicyclic) bond motifs is 1. The van der Waals surface area contributed by atoms with E-state index in [1.54, 1.807) is 36.4 Å². The van der Waals surface area contributed by atoms with Crippen LogP contribution in [0.15, 0.2) is 50.7 Å². The van der Waals surface area contributed by atoms with Crippen LogP contribution in [0.5, 0.6) is 11.6 Å². The molecule has 174 valence electrons. The van der Waals surface area contributed by atoms with E-state index in [0.29, 0.717) is 27.8 Å². The normalized spacial score (nSPS) is 15.6. The van der Waals surface area contributed by atoms with Crippen molar-refractivity contribution in [3.05, 3.63) is 62.4 Å². The first kappa shape index (κ1) is 22.3. The summed E-state index contributed by atoms with van der Waals surface area (Å²) in [6.45, 7) is 0.235. The van der Waals surface area contributed by atoms with E-state index in [-0.39, 0.29) is 41.7 Å². The maximum atomic E-state index is 12.3. The lowest BCUT2D eigenvalue weighted by Gasteiger charge is -2.12. The molecule has 0 unspecified atom stereocenters. The fraction of sp³-hybridized carbons (Fsp3) is 0.280. The molecule has 2 aliphatic carbocycles. The van der Waals surface area contributed by atoms with Gasteiger partial charge in [0.2, 0.25) is 11.8 Å². The zero-order chi connectivity index (χ0) is 23.8. The molecule has 1 heterocycles. The Morgan fingerprint density at radius 1 is 1.12 bits per heavy atom. The third kappa shape index (κ3) is 4.89. The maximum Gasteiger partial charge on any atom is 0.314 e. The summed E-state index contributed by atoms with van der Waals surface area (Å²) in [6, 6.07) is 10.4. The molecule has 2 aromatic carbocycles. The zero-order valence-electron chi connectivity index (χ0n) is 18.1. The number of hydrogen-bond donors (Lipinski definition) is 3. The third-order valence-electron chi connectivity index (χ3n) is 5.87. The van der Waals surface area contributed by atoms with Gasteiger partial charge in [-0.2, -0.15) is 0 Å². The minimum Gasteiger partial charge on any atom is -0.494 e. The molecule has 0 bridgehead atoms. The van der Waals surface area contributed by atoms with Crippen LogP contribution in [0, 0.1) is 11.8 Å². The van der Waals surface area contributed by atoms with E-state index < -0.39 is 0 Å². The van der Waals surface area contributed by atoms with Crippen LogP contribution in [0.3, 0.4) is 0 Å². The van der Waals surface area contributed by atoms with Crippen LogP contribution >= 0.6 is 15.9 Å². The highest BCUT2D eigenvalue weighted by Gasteiger charge is 2.33. The van der Waals surface area contributed by atoms with Gasteiger partial charge in [-0.15, -0.1) is 0 Å². The Kier molecular flexibility index (Phi) is 5.95. The first-order valence-electron chi connectivity index (χ1n) is 11.1. The van der Waals surface area contributed by atoms with Crippen LogP contribution in [0.4, 0.5) is 5.69 Å². The first-order valence-corrected chi connectivity index (χ1v) is 11.9. The van der Waals surface area contributed by atoms with Crippen molar-refractivity contribution in [2.45, 2.75) is 32.2 Å². The molecule has 9 heteroatoms. The molecule has 1 amide bonds. The minimum absolute atomic E-state index is 0.0242. The fourth-order valence-corrected chi connectivity index (χ4v) is 3.99. The number of aromatic hydroxyl groups is 1. The van der Waals surface area contributed by atoms with Crippen LogP contribution < -0.4 is 15.6 Å². The van der Waals surface area contributed by atoms with Crippen molar-refractivity contribution in [1.82, 2.24) is 4.98 Å². The van der Waals surface area contributed by atoms with Gasteiger partial charge in [-0.3, -0.25) is 24.4 Å². The number of carbonyl (C=O) groups excluding carboxylic acids is 2. The minimum atomic E-state index is -0.386. The number of anilines is 1. The lowest BCUT2D eigenvalue weighted by atomic mass is 10.1. The highest BCUT2D eigenvalue weighted by Crippen LogP contribution is 2.35. The maximum absolute atomic E-state index is 12.3. The van der Waals surface area contributed by atoms with Crippen LogP contribution in [-0.4, -0.2) is 28.2 Å². The molecule has 5 rings (SSSR count). The number of hydrogen-bond acceptors (Lipinski definition) is 6.